The number of carbonyl (C=O) groups excluding carboxylic acids is 2. The number of hydrogen-bond donors (Lipinski definition) is 1. The predicted molar refractivity (Wildman–Crippen MR) is 109 cm³/mol. The zero-order valence-electron chi connectivity index (χ0n) is 16.5. The maximum Gasteiger partial charge on any atom is 0.471 e. The number of anilines is 1. The minimum atomic E-state index is -5.04. The third kappa shape index (κ3) is 5.33. The van der Waals surface area contributed by atoms with Gasteiger partial charge in [-0.15, -0.1) is 11.3 Å². The summed E-state index contributed by atoms with van der Waals surface area (Å²) in [6.45, 7) is -0.351. The number of benzene rings is 1. The zero-order valence-corrected chi connectivity index (χ0v) is 17.3. The van der Waals surface area contributed by atoms with Gasteiger partial charge in [0.2, 0.25) is 0 Å². The number of amides is 2. The highest BCUT2D eigenvalue weighted by Gasteiger charge is 2.43. The van der Waals surface area contributed by atoms with Gasteiger partial charge in [0.25, 0.3) is 5.91 Å². The van der Waals surface area contributed by atoms with Gasteiger partial charge >= 0.3 is 12.1 Å². The summed E-state index contributed by atoms with van der Waals surface area (Å²) >= 11 is 1.15. The summed E-state index contributed by atoms with van der Waals surface area (Å²) in [6, 6.07) is 7.40. The van der Waals surface area contributed by atoms with Crippen molar-refractivity contribution in [3.8, 4) is 5.75 Å². The molecule has 1 aliphatic carbocycles. The Hall–Kier alpha value is -2.55. The molecule has 0 spiro atoms. The van der Waals surface area contributed by atoms with E-state index < -0.39 is 12.1 Å². The molecule has 1 aromatic carbocycles. The Labute approximate surface area is 176 Å². The Morgan fingerprint density at radius 3 is 2.40 bits per heavy atom. The molecule has 162 valence electrons. The lowest BCUT2D eigenvalue weighted by atomic mass is 9.95. The molecular formula is C21H23F3N2O3S. The van der Waals surface area contributed by atoms with E-state index in [9.17, 15) is 22.8 Å². The van der Waals surface area contributed by atoms with Gasteiger partial charge in [0.05, 0.1) is 19.2 Å². The molecule has 0 saturated heterocycles. The van der Waals surface area contributed by atoms with Crippen LogP contribution in [0.5, 0.6) is 5.75 Å². The largest absolute Gasteiger partial charge is 0.497 e. The minimum absolute atomic E-state index is 0.0742. The van der Waals surface area contributed by atoms with Gasteiger partial charge in [-0.25, -0.2) is 0 Å². The maximum absolute atomic E-state index is 13.2. The van der Waals surface area contributed by atoms with Gasteiger partial charge in [0.1, 0.15) is 5.75 Å². The lowest BCUT2D eigenvalue weighted by Crippen LogP contribution is -2.41. The van der Waals surface area contributed by atoms with Crippen molar-refractivity contribution in [2.45, 2.75) is 50.9 Å². The highest BCUT2D eigenvalue weighted by molar-refractivity contribution is 7.10. The Bertz CT molecular complexity index is 874. The van der Waals surface area contributed by atoms with Crippen LogP contribution >= 0.6 is 11.3 Å². The number of halogens is 3. The Morgan fingerprint density at radius 1 is 1.13 bits per heavy atom. The van der Waals surface area contributed by atoms with E-state index in [4.69, 9.17) is 4.74 Å². The van der Waals surface area contributed by atoms with Crippen molar-refractivity contribution >= 4 is 28.8 Å². The molecule has 0 atom stereocenters. The molecule has 1 saturated carbocycles. The minimum Gasteiger partial charge on any atom is -0.497 e. The summed E-state index contributed by atoms with van der Waals surface area (Å²) in [5.41, 5.74) is 0.379. The van der Waals surface area contributed by atoms with Crippen molar-refractivity contribution in [1.29, 1.82) is 0 Å². The molecule has 30 heavy (non-hydrogen) atoms. The first-order valence-corrected chi connectivity index (χ1v) is 10.6. The first-order chi connectivity index (χ1) is 14.3. The highest BCUT2D eigenvalue weighted by atomic mass is 32.1. The second-order valence-electron chi connectivity index (χ2n) is 7.15. The lowest BCUT2D eigenvalue weighted by molar-refractivity contribution is -0.170. The number of hydrogen-bond acceptors (Lipinski definition) is 4. The number of nitrogens with one attached hydrogen (secondary N) is 1. The molecule has 9 heteroatoms. The van der Waals surface area contributed by atoms with E-state index in [2.05, 4.69) is 5.32 Å². The first-order valence-electron chi connectivity index (χ1n) is 9.69. The number of carbonyl (C=O) groups is 2. The number of nitrogens with zero attached hydrogens (tertiary/aromatic N) is 1. The average Bonchev–Trinajstić information content (AvgIpc) is 3.20. The number of thiophene rings is 1. The molecule has 0 radical (unpaired) electrons. The summed E-state index contributed by atoms with van der Waals surface area (Å²) in [5, 5.41) is 4.62. The van der Waals surface area contributed by atoms with Crippen LogP contribution in [0.15, 0.2) is 35.7 Å². The van der Waals surface area contributed by atoms with Crippen molar-refractivity contribution in [2.24, 2.45) is 0 Å². The van der Waals surface area contributed by atoms with Crippen molar-refractivity contribution in [3.05, 3.63) is 46.2 Å². The SMILES string of the molecule is COc1ccc(N(Cc2sccc2C(=O)NC2CCCCC2)C(=O)C(F)(F)F)cc1. The van der Waals surface area contributed by atoms with E-state index >= 15 is 0 Å². The predicted octanol–water partition coefficient (Wildman–Crippen LogP) is 4.91. The average molecular weight is 440 g/mol. The Kier molecular flexibility index (Phi) is 7.02. The van der Waals surface area contributed by atoms with E-state index in [-0.39, 0.29) is 24.2 Å². The van der Waals surface area contributed by atoms with Crippen LogP contribution in [0.4, 0.5) is 18.9 Å². The molecular weight excluding hydrogens is 417 g/mol. The smallest absolute Gasteiger partial charge is 0.471 e. The molecule has 0 bridgehead atoms. The Balaban J connectivity index is 1.83. The van der Waals surface area contributed by atoms with Gasteiger partial charge in [-0.2, -0.15) is 13.2 Å². The van der Waals surface area contributed by atoms with Gasteiger partial charge in [-0.05, 0) is 48.6 Å². The summed E-state index contributed by atoms with van der Waals surface area (Å²) in [4.78, 5) is 25.9. The fourth-order valence-electron chi connectivity index (χ4n) is 3.51. The maximum atomic E-state index is 13.2. The molecule has 3 rings (SSSR count). The van der Waals surface area contributed by atoms with Gasteiger partial charge in [0, 0.05) is 16.6 Å². The molecule has 2 aromatic rings. The Morgan fingerprint density at radius 2 is 1.80 bits per heavy atom. The fraction of sp³-hybridized carbons (Fsp3) is 0.429. The monoisotopic (exact) mass is 440 g/mol. The van der Waals surface area contributed by atoms with Crippen LogP contribution in [0.2, 0.25) is 0 Å². The van der Waals surface area contributed by atoms with Crippen LogP contribution in [-0.4, -0.2) is 31.1 Å². The van der Waals surface area contributed by atoms with Crippen LogP contribution in [0, 0.1) is 0 Å². The van der Waals surface area contributed by atoms with E-state index in [1.54, 1.807) is 11.4 Å². The standard InChI is InChI=1S/C21H23F3N2O3S/c1-29-16-9-7-15(8-10-16)26(20(28)21(22,23)24)13-18-17(11-12-30-18)19(27)25-14-5-3-2-4-6-14/h7-12,14H,2-6,13H2,1H3,(H,25,27). The highest BCUT2D eigenvalue weighted by Crippen LogP contribution is 2.29. The third-order valence-electron chi connectivity index (χ3n) is 5.10. The third-order valence-corrected chi connectivity index (χ3v) is 6.01. The second kappa shape index (κ2) is 9.51. The van der Waals surface area contributed by atoms with Gasteiger partial charge < -0.3 is 10.1 Å². The quantitative estimate of drug-likeness (QED) is 0.694. The van der Waals surface area contributed by atoms with Gasteiger partial charge in [-0.3, -0.25) is 14.5 Å². The van der Waals surface area contributed by atoms with Gasteiger partial charge in [-0.1, -0.05) is 19.3 Å². The number of methoxy groups -OCH3 is 1. The van der Waals surface area contributed by atoms with Crippen molar-refractivity contribution in [2.75, 3.05) is 12.0 Å². The molecule has 1 N–H and O–H groups in total. The number of rotatable bonds is 6. The molecule has 0 unspecified atom stereocenters. The van der Waals surface area contributed by atoms with E-state index in [0.717, 1.165) is 43.4 Å². The van der Waals surface area contributed by atoms with E-state index in [1.165, 1.54) is 31.4 Å². The molecule has 1 aromatic heterocycles. The van der Waals surface area contributed by atoms with Crippen molar-refractivity contribution in [1.82, 2.24) is 5.32 Å². The molecule has 1 fully saturated rings. The van der Waals surface area contributed by atoms with Crippen LogP contribution < -0.4 is 15.0 Å². The summed E-state index contributed by atoms with van der Waals surface area (Å²) in [7, 11) is 1.44. The molecule has 5 nitrogen and oxygen atoms in total. The zero-order chi connectivity index (χ0) is 21.7. The van der Waals surface area contributed by atoms with Gasteiger partial charge in [0.15, 0.2) is 0 Å². The topological polar surface area (TPSA) is 58.6 Å². The summed E-state index contributed by atoms with van der Waals surface area (Å²) in [6.07, 6.45) is -0.000808. The molecule has 0 aliphatic heterocycles. The van der Waals surface area contributed by atoms with Crippen LogP contribution in [0.25, 0.3) is 0 Å². The summed E-state index contributed by atoms with van der Waals surface area (Å²) in [5.74, 6) is -1.84. The molecule has 2 amide bonds. The first kappa shape index (κ1) is 22.1. The van der Waals surface area contributed by atoms with Crippen molar-refractivity contribution < 1.29 is 27.5 Å². The van der Waals surface area contributed by atoms with Crippen LogP contribution in [-0.2, 0) is 11.3 Å². The molecule has 1 heterocycles. The lowest BCUT2D eigenvalue weighted by Gasteiger charge is -2.25. The number of alkyl halides is 3. The normalized spacial score (nSPS) is 14.9. The summed E-state index contributed by atoms with van der Waals surface area (Å²) < 4.78 is 44.7. The van der Waals surface area contributed by atoms with E-state index in [1.807, 2.05) is 0 Å². The van der Waals surface area contributed by atoms with Crippen LogP contribution in [0.3, 0.4) is 0 Å². The molecule has 1 aliphatic rings. The van der Waals surface area contributed by atoms with Crippen molar-refractivity contribution in [3.63, 3.8) is 0 Å². The fourth-order valence-corrected chi connectivity index (χ4v) is 4.37. The second-order valence-corrected chi connectivity index (χ2v) is 8.15. The van der Waals surface area contributed by atoms with Crippen LogP contribution in [0.1, 0.15) is 47.3 Å². The number of ether oxygens (including phenoxy) is 1. The van der Waals surface area contributed by atoms with E-state index in [0.29, 0.717) is 21.1 Å².